The van der Waals surface area contributed by atoms with Crippen LogP contribution >= 0.6 is 15.9 Å². The first-order valence-corrected chi connectivity index (χ1v) is 9.78. The van der Waals surface area contributed by atoms with Crippen LogP contribution in [0.3, 0.4) is 0 Å². The molecule has 0 fully saturated rings. The van der Waals surface area contributed by atoms with Crippen molar-refractivity contribution in [2.45, 2.75) is 0 Å². The second kappa shape index (κ2) is 5.48. The van der Waals surface area contributed by atoms with E-state index < -0.39 is 0 Å². The lowest BCUT2D eigenvalue weighted by atomic mass is 10.1. The largest absolute Gasteiger partial charge is 0.355 e. The number of para-hydroxylation sites is 2. The topological polar surface area (TPSA) is 20.7 Å². The van der Waals surface area contributed by atoms with Crippen molar-refractivity contribution >= 4 is 59.5 Å². The third kappa shape index (κ3) is 2.12. The highest BCUT2D eigenvalue weighted by atomic mass is 79.9. The van der Waals surface area contributed by atoms with Gasteiger partial charge in [0.2, 0.25) is 0 Å². The normalized spacial score (nSPS) is 11.9. The van der Waals surface area contributed by atoms with Crippen molar-refractivity contribution in [3.8, 4) is 5.69 Å². The second-order valence-corrected chi connectivity index (χ2v) is 7.83. The molecule has 6 rings (SSSR count). The number of hydrogen-bond donors (Lipinski definition) is 1. The number of aromatic nitrogens is 2. The van der Waals surface area contributed by atoms with Crippen LogP contribution in [0.25, 0.3) is 49.3 Å². The van der Waals surface area contributed by atoms with Crippen LogP contribution < -0.4 is 0 Å². The molecule has 0 aliphatic rings. The van der Waals surface area contributed by atoms with Crippen molar-refractivity contribution in [2.24, 2.45) is 0 Å². The summed E-state index contributed by atoms with van der Waals surface area (Å²) in [6, 6.07) is 30.3. The Bertz CT molecular complexity index is 1430. The molecule has 6 aromatic rings. The maximum absolute atomic E-state index is 3.61. The van der Waals surface area contributed by atoms with Gasteiger partial charge in [0.25, 0.3) is 0 Å². The summed E-state index contributed by atoms with van der Waals surface area (Å²) in [6.45, 7) is 0. The van der Waals surface area contributed by atoms with Crippen LogP contribution in [0.2, 0.25) is 0 Å². The number of benzene rings is 4. The Kier molecular flexibility index (Phi) is 3.06. The van der Waals surface area contributed by atoms with E-state index in [1.807, 2.05) is 0 Å². The van der Waals surface area contributed by atoms with E-state index in [1.54, 1.807) is 0 Å². The molecule has 0 atom stereocenters. The van der Waals surface area contributed by atoms with E-state index >= 15 is 0 Å². The summed E-state index contributed by atoms with van der Waals surface area (Å²) in [5.74, 6) is 0. The van der Waals surface area contributed by atoms with E-state index in [0.29, 0.717) is 0 Å². The zero-order chi connectivity index (χ0) is 18.0. The lowest BCUT2D eigenvalue weighted by Crippen LogP contribution is -1.93. The highest BCUT2D eigenvalue weighted by Crippen LogP contribution is 2.34. The first-order valence-electron chi connectivity index (χ1n) is 8.99. The Labute approximate surface area is 164 Å². The highest BCUT2D eigenvalue weighted by Gasteiger charge is 2.13. The average molecular weight is 411 g/mol. The molecular weight excluding hydrogens is 396 g/mol. The molecular formula is C24H15BrN2. The fourth-order valence-electron chi connectivity index (χ4n) is 4.20. The monoisotopic (exact) mass is 410 g/mol. The van der Waals surface area contributed by atoms with Gasteiger partial charge in [-0.05, 0) is 48.5 Å². The zero-order valence-corrected chi connectivity index (χ0v) is 16.0. The lowest BCUT2D eigenvalue weighted by Gasteiger charge is -2.08. The molecule has 3 heteroatoms. The Morgan fingerprint density at radius 1 is 0.593 bits per heavy atom. The number of hydrogen-bond acceptors (Lipinski definition) is 0. The van der Waals surface area contributed by atoms with Crippen molar-refractivity contribution in [2.75, 3.05) is 0 Å². The molecule has 128 valence electrons. The molecule has 2 heterocycles. The minimum atomic E-state index is 1.10. The van der Waals surface area contributed by atoms with Crippen molar-refractivity contribution < 1.29 is 0 Å². The summed E-state index contributed by atoms with van der Waals surface area (Å²) >= 11 is 3.61. The van der Waals surface area contributed by atoms with Gasteiger partial charge in [0, 0.05) is 42.7 Å². The van der Waals surface area contributed by atoms with Gasteiger partial charge < -0.3 is 9.55 Å². The third-order valence-corrected chi connectivity index (χ3v) is 5.88. The van der Waals surface area contributed by atoms with Gasteiger partial charge in [0.1, 0.15) is 0 Å². The summed E-state index contributed by atoms with van der Waals surface area (Å²) in [5, 5.41) is 5.05. The smallest absolute Gasteiger partial charge is 0.0541 e. The van der Waals surface area contributed by atoms with Gasteiger partial charge in [0.15, 0.2) is 0 Å². The first kappa shape index (κ1) is 15.1. The Hall–Kier alpha value is -3.04. The maximum atomic E-state index is 3.61. The molecule has 0 bridgehead atoms. The predicted octanol–water partition coefficient (Wildman–Crippen LogP) is 7.18. The van der Waals surface area contributed by atoms with Gasteiger partial charge >= 0.3 is 0 Å². The number of aromatic amines is 1. The van der Waals surface area contributed by atoms with Crippen LogP contribution in [0.1, 0.15) is 0 Å². The van der Waals surface area contributed by atoms with Crippen LogP contribution in [0.4, 0.5) is 0 Å². The van der Waals surface area contributed by atoms with E-state index in [0.717, 1.165) is 15.5 Å². The van der Waals surface area contributed by atoms with Crippen LogP contribution in [-0.2, 0) is 0 Å². The fraction of sp³-hybridized carbons (Fsp3) is 0. The molecule has 0 unspecified atom stereocenters. The predicted molar refractivity (Wildman–Crippen MR) is 118 cm³/mol. The molecule has 1 N–H and O–H groups in total. The van der Waals surface area contributed by atoms with Gasteiger partial charge in [-0.3, -0.25) is 0 Å². The van der Waals surface area contributed by atoms with Crippen molar-refractivity contribution in [3.63, 3.8) is 0 Å². The number of H-pyrrole nitrogens is 1. The SMILES string of the molecule is Brc1ccc2[nH]c3ccc(-n4c5ccccc5c5ccccc54)cc3c2c1. The Morgan fingerprint density at radius 3 is 1.89 bits per heavy atom. The molecule has 2 nitrogen and oxygen atoms in total. The van der Waals surface area contributed by atoms with E-state index in [9.17, 15) is 0 Å². The zero-order valence-electron chi connectivity index (χ0n) is 14.4. The third-order valence-electron chi connectivity index (χ3n) is 5.38. The summed E-state index contributed by atoms with van der Waals surface area (Å²) in [6.07, 6.45) is 0. The second-order valence-electron chi connectivity index (χ2n) is 6.91. The van der Waals surface area contributed by atoms with Crippen molar-refractivity contribution in [1.82, 2.24) is 9.55 Å². The number of rotatable bonds is 1. The van der Waals surface area contributed by atoms with Crippen LogP contribution in [0.5, 0.6) is 0 Å². The summed E-state index contributed by atoms with van der Waals surface area (Å²) < 4.78 is 3.46. The number of nitrogens with one attached hydrogen (secondary N) is 1. The average Bonchev–Trinajstić information content (AvgIpc) is 3.23. The molecule has 4 aromatic carbocycles. The molecule has 0 aliphatic heterocycles. The summed E-state index contributed by atoms with van der Waals surface area (Å²) in [7, 11) is 0. The molecule has 0 saturated carbocycles. The molecule has 0 radical (unpaired) electrons. The van der Waals surface area contributed by atoms with E-state index in [-0.39, 0.29) is 0 Å². The first-order chi connectivity index (χ1) is 13.3. The minimum absolute atomic E-state index is 1.10. The number of halogens is 1. The van der Waals surface area contributed by atoms with E-state index in [2.05, 4.69) is 110 Å². The summed E-state index contributed by atoms with van der Waals surface area (Å²) in [5.41, 5.74) is 5.97. The van der Waals surface area contributed by atoms with Gasteiger partial charge in [-0.2, -0.15) is 0 Å². The molecule has 0 spiro atoms. The molecule has 27 heavy (non-hydrogen) atoms. The highest BCUT2D eigenvalue weighted by molar-refractivity contribution is 9.10. The fourth-order valence-corrected chi connectivity index (χ4v) is 4.56. The number of fused-ring (bicyclic) bond motifs is 6. The summed E-state index contributed by atoms with van der Waals surface area (Å²) in [4.78, 5) is 3.52. The van der Waals surface area contributed by atoms with E-state index in [1.165, 1.54) is 38.3 Å². The van der Waals surface area contributed by atoms with Gasteiger partial charge in [-0.15, -0.1) is 0 Å². The van der Waals surface area contributed by atoms with Crippen molar-refractivity contribution in [1.29, 1.82) is 0 Å². The number of nitrogens with zero attached hydrogens (tertiary/aromatic N) is 1. The van der Waals surface area contributed by atoms with Gasteiger partial charge in [0.05, 0.1) is 11.0 Å². The maximum Gasteiger partial charge on any atom is 0.0541 e. The van der Waals surface area contributed by atoms with Gasteiger partial charge in [-0.1, -0.05) is 52.3 Å². The standard InChI is InChI=1S/C24H15BrN2/c25-15-9-11-21-19(13-15)20-14-16(10-12-22(20)26-21)27-23-7-3-1-5-17(23)18-6-2-4-8-24(18)27/h1-14,26H. The molecule has 0 amide bonds. The van der Waals surface area contributed by atoms with Crippen LogP contribution in [0.15, 0.2) is 89.4 Å². The Morgan fingerprint density at radius 2 is 1.19 bits per heavy atom. The molecule has 2 aromatic heterocycles. The molecule has 0 aliphatic carbocycles. The quantitative estimate of drug-likeness (QED) is 0.296. The molecule has 0 saturated heterocycles. The minimum Gasteiger partial charge on any atom is -0.355 e. The Balaban J connectivity index is 1.74. The lowest BCUT2D eigenvalue weighted by molar-refractivity contribution is 1.19. The van der Waals surface area contributed by atoms with Crippen LogP contribution in [-0.4, -0.2) is 9.55 Å². The van der Waals surface area contributed by atoms with Gasteiger partial charge in [-0.25, -0.2) is 0 Å². The van der Waals surface area contributed by atoms with Crippen LogP contribution in [0, 0.1) is 0 Å². The van der Waals surface area contributed by atoms with E-state index in [4.69, 9.17) is 0 Å². The van der Waals surface area contributed by atoms with Crippen molar-refractivity contribution in [3.05, 3.63) is 89.4 Å².